The molecule has 0 spiro atoms. The van der Waals surface area contributed by atoms with Crippen LogP contribution in [0.15, 0.2) is 30.3 Å². The number of nitrogens with zero attached hydrogens (tertiary/aromatic N) is 2. The number of hydrogen-bond donors (Lipinski definition) is 0. The van der Waals surface area contributed by atoms with Gasteiger partial charge in [-0.05, 0) is 24.1 Å². The van der Waals surface area contributed by atoms with Gasteiger partial charge in [0.2, 0.25) is 0 Å². The minimum atomic E-state index is 0.447. The smallest absolute Gasteiger partial charge is 0.134 e. The third kappa shape index (κ3) is 3.28. The van der Waals surface area contributed by atoms with Gasteiger partial charge in [-0.25, -0.2) is 9.97 Å². The molecule has 0 amide bonds. The summed E-state index contributed by atoms with van der Waals surface area (Å²) in [5.41, 5.74) is 3.25. The number of methoxy groups -OCH3 is 1. The molecule has 0 aliphatic rings. The molecule has 94 valence electrons. The van der Waals surface area contributed by atoms with Crippen LogP contribution in [0.25, 0.3) is 0 Å². The average Bonchev–Trinajstić information content (AvgIpc) is 2.32. The van der Waals surface area contributed by atoms with Crippen LogP contribution in [0.1, 0.15) is 22.6 Å². The van der Waals surface area contributed by atoms with Crippen LogP contribution in [0.4, 0.5) is 0 Å². The summed E-state index contributed by atoms with van der Waals surface area (Å²) < 4.78 is 5.06. The highest BCUT2D eigenvalue weighted by Crippen LogP contribution is 2.14. The van der Waals surface area contributed by atoms with E-state index in [9.17, 15) is 0 Å². The highest BCUT2D eigenvalue weighted by Gasteiger charge is 2.06. The first kappa shape index (κ1) is 13.0. The SMILES string of the molecule is COCc1cc(Cl)nc(Cc2ccccc2C)n1. The van der Waals surface area contributed by atoms with Crippen LogP contribution in [0.3, 0.4) is 0 Å². The van der Waals surface area contributed by atoms with Crippen LogP contribution in [0.5, 0.6) is 0 Å². The molecule has 0 N–H and O–H groups in total. The van der Waals surface area contributed by atoms with Gasteiger partial charge in [0, 0.05) is 13.5 Å². The molecular weight excluding hydrogens is 248 g/mol. The number of aromatic nitrogens is 2. The molecule has 2 rings (SSSR count). The van der Waals surface area contributed by atoms with Crippen molar-refractivity contribution in [3.05, 3.63) is 58.1 Å². The molecule has 3 nitrogen and oxygen atoms in total. The van der Waals surface area contributed by atoms with Gasteiger partial charge in [0.15, 0.2) is 0 Å². The van der Waals surface area contributed by atoms with Gasteiger partial charge in [-0.2, -0.15) is 0 Å². The van der Waals surface area contributed by atoms with Crippen molar-refractivity contribution in [1.29, 1.82) is 0 Å². The van der Waals surface area contributed by atoms with Crippen molar-refractivity contribution in [3.8, 4) is 0 Å². The molecule has 0 fully saturated rings. The van der Waals surface area contributed by atoms with Gasteiger partial charge in [-0.1, -0.05) is 35.9 Å². The fourth-order valence-corrected chi connectivity index (χ4v) is 2.02. The van der Waals surface area contributed by atoms with Gasteiger partial charge in [0.1, 0.15) is 11.0 Å². The molecular formula is C14H15ClN2O. The molecule has 0 unspecified atom stereocenters. The van der Waals surface area contributed by atoms with E-state index < -0.39 is 0 Å². The monoisotopic (exact) mass is 262 g/mol. The molecule has 0 saturated heterocycles. The van der Waals surface area contributed by atoms with Crippen molar-refractivity contribution < 1.29 is 4.74 Å². The quantitative estimate of drug-likeness (QED) is 0.794. The maximum absolute atomic E-state index is 5.99. The van der Waals surface area contributed by atoms with E-state index in [4.69, 9.17) is 16.3 Å². The summed E-state index contributed by atoms with van der Waals surface area (Å²) in [6.07, 6.45) is 0.684. The molecule has 1 aromatic heterocycles. The van der Waals surface area contributed by atoms with Gasteiger partial charge < -0.3 is 4.74 Å². The second-order valence-corrected chi connectivity index (χ2v) is 4.52. The Kier molecular flexibility index (Phi) is 4.28. The van der Waals surface area contributed by atoms with E-state index in [1.807, 2.05) is 12.1 Å². The summed E-state index contributed by atoms with van der Waals surface area (Å²) in [6, 6.07) is 9.93. The molecule has 0 aliphatic carbocycles. The summed E-state index contributed by atoms with van der Waals surface area (Å²) in [6.45, 7) is 2.53. The number of ether oxygens (including phenoxy) is 1. The van der Waals surface area contributed by atoms with E-state index in [1.54, 1.807) is 13.2 Å². The van der Waals surface area contributed by atoms with Crippen LogP contribution in [0.2, 0.25) is 5.15 Å². The van der Waals surface area contributed by atoms with Crippen molar-refractivity contribution in [2.45, 2.75) is 20.0 Å². The average molecular weight is 263 g/mol. The van der Waals surface area contributed by atoms with Crippen molar-refractivity contribution in [1.82, 2.24) is 9.97 Å². The molecule has 18 heavy (non-hydrogen) atoms. The number of benzene rings is 1. The molecule has 0 aliphatic heterocycles. The van der Waals surface area contributed by atoms with Crippen LogP contribution >= 0.6 is 11.6 Å². The second-order valence-electron chi connectivity index (χ2n) is 4.13. The Hall–Kier alpha value is -1.45. The highest BCUT2D eigenvalue weighted by atomic mass is 35.5. The van der Waals surface area contributed by atoms with Crippen molar-refractivity contribution in [2.75, 3.05) is 7.11 Å². The molecule has 4 heteroatoms. The number of halogens is 1. The molecule has 0 saturated carbocycles. The van der Waals surface area contributed by atoms with Gasteiger partial charge in [0.25, 0.3) is 0 Å². The first-order valence-corrected chi connectivity index (χ1v) is 6.12. The van der Waals surface area contributed by atoms with Crippen LogP contribution in [-0.4, -0.2) is 17.1 Å². The Bertz CT molecular complexity index is 543. The Morgan fingerprint density at radius 2 is 2.00 bits per heavy atom. The van der Waals surface area contributed by atoms with Crippen LogP contribution in [0, 0.1) is 6.92 Å². The summed E-state index contributed by atoms with van der Waals surface area (Å²) >= 11 is 5.99. The first-order chi connectivity index (χ1) is 8.69. The maximum atomic E-state index is 5.99. The normalized spacial score (nSPS) is 10.6. The standard InChI is InChI=1S/C14H15ClN2O/c1-10-5-3-4-6-11(10)7-14-16-12(9-18-2)8-13(15)17-14/h3-6,8H,7,9H2,1-2H3. The number of hydrogen-bond acceptors (Lipinski definition) is 3. The van der Waals surface area contributed by atoms with Crippen LogP contribution < -0.4 is 0 Å². The number of rotatable bonds is 4. The Morgan fingerprint density at radius 1 is 1.22 bits per heavy atom. The molecule has 0 atom stereocenters. The molecule has 1 heterocycles. The molecule has 0 radical (unpaired) electrons. The van der Waals surface area contributed by atoms with Gasteiger partial charge in [-0.15, -0.1) is 0 Å². The van der Waals surface area contributed by atoms with Gasteiger partial charge in [-0.3, -0.25) is 0 Å². The minimum Gasteiger partial charge on any atom is -0.378 e. The highest BCUT2D eigenvalue weighted by molar-refractivity contribution is 6.29. The van der Waals surface area contributed by atoms with Crippen molar-refractivity contribution in [2.24, 2.45) is 0 Å². The lowest BCUT2D eigenvalue weighted by Gasteiger charge is -2.06. The second kappa shape index (κ2) is 5.94. The summed E-state index contributed by atoms with van der Waals surface area (Å²) in [4.78, 5) is 8.69. The summed E-state index contributed by atoms with van der Waals surface area (Å²) in [5, 5.41) is 0.459. The minimum absolute atomic E-state index is 0.447. The van der Waals surface area contributed by atoms with E-state index in [1.165, 1.54) is 11.1 Å². The summed E-state index contributed by atoms with van der Waals surface area (Å²) in [7, 11) is 1.64. The Morgan fingerprint density at radius 3 is 2.72 bits per heavy atom. The van der Waals surface area contributed by atoms with Gasteiger partial charge in [0.05, 0.1) is 12.3 Å². The van der Waals surface area contributed by atoms with E-state index in [0.29, 0.717) is 18.2 Å². The predicted octanol–water partition coefficient (Wildman–Crippen LogP) is 3.18. The van der Waals surface area contributed by atoms with E-state index in [2.05, 4.69) is 29.0 Å². The Balaban J connectivity index is 2.26. The van der Waals surface area contributed by atoms with Crippen LogP contribution in [-0.2, 0) is 17.8 Å². The fourth-order valence-electron chi connectivity index (χ4n) is 1.80. The Labute approximate surface area is 112 Å². The molecule has 2 aromatic rings. The van der Waals surface area contributed by atoms with E-state index in [0.717, 1.165) is 11.5 Å². The lowest BCUT2D eigenvalue weighted by atomic mass is 10.1. The third-order valence-electron chi connectivity index (χ3n) is 2.70. The maximum Gasteiger partial charge on any atom is 0.134 e. The summed E-state index contributed by atoms with van der Waals surface area (Å²) in [5.74, 6) is 0.726. The van der Waals surface area contributed by atoms with E-state index in [-0.39, 0.29) is 0 Å². The topological polar surface area (TPSA) is 35.0 Å². The molecule has 0 bridgehead atoms. The lowest BCUT2D eigenvalue weighted by molar-refractivity contribution is 0.181. The molecule has 1 aromatic carbocycles. The zero-order chi connectivity index (χ0) is 13.0. The predicted molar refractivity (Wildman–Crippen MR) is 71.7 cm³/mol. The largest absolute Gasteiger partial charge is 0.378 e. The van der Waals surface area contributed by atoms with Gasteiger partial charge >= 0.3 is 0 Å². The zero-order valence-electron chi connectivity index (χ0n) is 10.5. The van der Waals surface area contributed by atoms with E-state index >= 15 is 0 Å². The fraction of sp³-hybridized carbons (Fsp3) is 0.286. The number of aryl methyl sites for hydroxylation is 1. The zero-order valence-corrected chi connectivity index (χ0v) is 11.2. The first-order valence-electron chi connectivity index (χ1n) is 5.75. The van der Waals surface area contributed by atoms with Crippen molar-refractivity contribution >= 4 is 11.6 Å². The van der Waals surface area contributed by atoms with Crippen molar-refractivity contribution in [3.63, 3.8) is 0 Å². The lowest BCUT2D eigenvalue weighted by Crippen LogP contribution is -2.02. The third-order valence-corrected chi connectivity index (χ3v) is 2.89.